The average molecular weight is 178 g/mol. The zero-order valence-electron chi connectivity index (χ0n) is 7.36. The van der Waals surface area contributed by atoms with E-state index in [1.54, 1.807) is 24.0 Å². The van der Waals surface area contributed by atoms with Crippen LogP contribution in [-0.4, -0.2) is 22.2 Å². The summed E-state index contributed by atoms with van der Waals surface area (Å²) in [6.45, 7) is 0.610. The molecule has 0 spiro atoms. The summed E-state index contributed by atoms with van der Waals surface area (Å²) < 4.78 is 6.57. The van der Waals surface area contributed by atoms with E-state index >= 15 is 0 Å². The summed E-state index contributed by atoms with van der Waals surface area (Å²) in [5.74, 6) is 0.0116. The summed E-state index contributed by atoms with van der Waals surface area (Å²) in [6.07, 6.45) is 3.85. The Morgan fingerprint density at radius 3 is 3.08 bits per heavy atom. The van der Waals surface area contributed by atoms with Crippen LogP contribution in [0.5, 0.6) is 0 Å². The molecule has 68 valence electrons. The lowest BCUT2D eigenvalue weighted by Crippen LogP contribution is -2.08. The number of Topliss-reactive ketones (excluding diaryl/α,β-unsaturated/α-hetero) is 1. The van der Waals surface area contributed by atoms with Crippen molar-refractivity contribution in [2.75, 3.05) is 6.61 Å². The van der Waals surface area contributed by atoms with E-state index in [0.29, 0.717) is 18.7 Å². The number of ether oxygens (including phenoxy) is 1. The lowest BCUT2D eigenvalue weighted by molar-refractivity contribution is 0.102. The number of ketones is 1. The van der Waals surface area contributed by atoms with Crippen LogP contribution < -0.4 is 0 Å². The Morgan fingerprint density at radius 1 is 1.69 bits per heavy atom. The van der Waals surface area contributed by atoms with Crippen LogP contribution in [0.1, 0.15) is 16.9 Å². The van der Waals surface area contributed by atoms with Gasteiger partial charge < -0.3 is 4.74 Å². The number of hydrogen-bond acceptors (Lipinski definition) is 3. The van der Waals surface area contributed by atoms with Gasteiger partial charge in [0.05, 0.1) is 12.9 Å². The van der Waals surface area contributed by atoms with Gasteiger partial charge in [-0.05, 0) is 6.07 Å². The molecule has 0 unspecified atom stereocenters. The second-order valence-corrected chi connectivity index (χ2v) is 2.93. The van der Waals surface area contributed by atoms with Crippen LogP contribution in [0.4, 0.5) is 0 Å². The van der Waals surface area contributed by atoms with E-state index < -0.39 is 0 Å². The predicted molar refractivity (Wildman–Crippen MR) is 46.2 cm³/mol. The monoisotopic (exact) mass is 178 g/mol. The van der Waals surface area contributed by atoms with Crippen molar-refractivity contribution in [1.29, 1.82) is 0 Å². The maximum absolute atomic E-state index is 11.7. The minimum atomic E-state index is 0.0116. The van der Waals surface area contributed by atoms with Crippen molar-refractivity contribution in [3.05, 3.63) is 29.8 Å². The van der Waals surface area contributed by atoms with E-state index in [2.05, 4.69) is 5.10 Å². The molecule has 1 aromatic heterocycles. The smallest absolute Gasteiger partial charge is 0.210 e. The molecule has 2 rings (SSSR count). The molecular formula is C9H10N2O2. The molecule has 0 radical (unpaired) electrons. The molecule has 0 atom stereocenters. The number of aromatic nitrogens is 2. The third-order valence-corrected chi connectivity index (χ3v) is 2.06. The third-order valence-electron chi connectivity index (χ3n) is 2.06. The second kappa shape index (κ2) is 3.05. The number of rotatable bonds is 2. The predicted octanol–water partition coefficient (Wildman–Crippen LogP) is 0.907. The summed E-state index contributed by atoms with van der Waals surface area (Å²) >= 11 is 0. The van der Waals surface area contributed by atoms with Crippen LogP contribution in [-0.2, 0) is 11.8 Å². The van der Waals surface area contributed by atoms with Crippen LogP contribution in [0.3, 0.4) is 0 Å². The first-order valence-electron chi connectivity index (χ1n) is 4.12. The lowest BCUT2D eigenvalue weighted by Gasteiger charge is -1.99. The molecule has 2 heterocycles. The third kappa shape index (κ3) is 1.35. The minimum absolute atomic E-state index is 0.0116. The Kier molecular flexibility index (Phi) is 1.88. The topological polar surface area (TPSA) is 44.1 Å². The second-order valence-electron chi connectivity index (χ2n) is 2.93. The molecule has 0 aromatic carbocycles. The SMILES string of the molecule is Cn1nccc1C(=O)C1=COCC1. The van der Waals surface area contributed by atoms with Crippen molar-refractivity contribution in [2.45, 2.75) is 6.42 Å². The molecule has 0 fully saturated rings. The summed E-state index contributed by atoms with van der Waals surface area (Å²) in [4.78, 5) is 11.7. The summed E-state index contributed by atoms with van der Waals surface area (Å²) in [5, 5.41) is 3.94. The first-order chi connectivity index (χ1) is 6.29. The highest BCUT2D eigenvalue weighted by molar-refractivity contribution is 6.07. The van der Waals surface area contributed by atoms with Gasteiger partial charge in [-0.25, -0.2) is 0 Å². The molecule has 1 aromatic rings. The summed E-state index contributed by atoms with van der Waals surface area (Å²) in [6, 6.07) is 1.71. The van der Waals surface area contributed by atoms with Crippen LogP contribution in [0.15, 0.2) is 24.1 Å². The Morgan fingerprint density at radius 2 is 2.54 bits per heavy atom. The Labute approximate surface area is 75.8 Å². The van der Waals surface area contributed by atoms with Gasteiger partial charge in [0.15, 0.2) is 0 Å². The highest BCUT2D eigenvalue weighted by Crippen LogP contribution is 2.15. The first kappa shape index (κ1) is 8.04. The quantitative estimate of drug-likeness (QED) is 0.632. The maximum Gasteiger partial charge on any atom is 0.210 e. The molecule has 4 nitrogen and oxygen atoms in total. The van der Waals surface area contributed by atoms with Crippen LogP contribution in [0.2, 0.25) is 0 Å². The number of hydrogen-bond donors (Lipinski definition) is 0. The van der Waals surface area contributed by atoms with Crippen molar-refractivity contribution in [3.63, 3.8) is 0 Å². The van der Waals surface area contributed by atoms with Gasteiger partial charge in [0.2, 0.25) is 5.78 Å². The number of carbonyl (C=O) groups excluding carboxylic acids is 1. The van der Waals surface area contributed by atoms with Crippen molar-refractivity contribution >= 4 is 5.78 Å². The number of nitrogens with zero attached hydrogens (tertiary/aromatic N) is 2. The molecule has 0 aliphatic carbocycles. The maximum atomic E-state index is 11.7. The van der Waals surface area contributed by atoms with Gasteiger partial charge in [-0.1, -0.05) is 0 Å². The van der Waals surface area contributed by atoms with Gasteiger partial charge >= 0.3 is 0 Å². The molecule has 0 saturated heterocycles. The van der Waals surface area contributed by atoms with Gasteiger partial charge in [-0.3, -0.25) is 9.48 Å². The fourth-order valence-corrected chi connectivity index (χ4v) is 1.32. The molecule has 1 aliphatic heterocycles. The molecule has 4 heteroatoms. The standard InChI is InChI=1S/C9H10N2O2/c1-11-8(2-4-10-11)9(12)7-3-5-13-6-7/h2,4,6H,3,5H2,1H3. The van der Waals surface area contributed by atoms with E-state index in [9.17, 15) is 4.79 Å². The zero-order chi connectivity index (χ0) is 9.26. The van der Waals surface area contributed by atoms with Crippen LogP contribution in [0.25, 0.3) is 0 Å². The number of aryl methyl sites for hydroxylation is 1. The van der Waals surface area contributed by atoms with Crippen LogP contribution >= 0.6 is 0 Å². The summed E-state index contributed by atoms with van der Waals surface area (Å²) in [7, 11) is 1.75. The molecule has 0 saturated carbocycles. The van der Waals surface area contributed by atoms with Crippen LogP contribution in [0, 0.1) is 0 Å². The van der Waals surface area contributed by atoms with E-state index in [1.807, 2.05) is 0 Å². The average Bonchev–Trinajstić information content (AvgIpc) is 2.72. The highest BCUT2D eigenvalue weighted by Gasteiger charge is 2.18. The Bertz CT molecular complexity index is 365. The highest BCUT2D eigenvalue weighted by atomic mass is 16.5. The Balaban J connectivity index is 2.27. The fraction of sp³-hybridized carbons (Fsp3) is 0.333. The summed E-state index contributed by atoms with van der Waals surface area (Å²) in [5.41, 5.74) is 1.33. The lowest BCUT2D eigenvalue weighted by atomic mass is 10.1. The fourth-order valence-electron chi connectivity index (χ4n) is 1.32. The van der Waals surface area contributed by atoms with Crippen molar-refractivity contribution < 1.29 is 9.53 Å². The van der Waals surface area contributed by atoms with Gasteiger partial charge in [0.25, 0.3) is 0 Å². The van der Waals surface area contributed by atoms with Gasteiger partial charge in [-0.15, -0.1) is 0 Å². The van der Waals surface area contributed by atoms with Gasteiger partial charge in [0.1, 0.15) is 5.69 Å². The molecule has 0 bridgehead atoms. The molecule has 0 N–H and O–H groups in total. The van der Waals surface area contributed by atoms with Crippen molar-refractivity contribution in [3.8, 4) is 0 Å². The largest absolute Gasteiger partial charge is 0.500 e. The zero-order valence-corrected chi connectivity index (χ0v) is 7.36. The van der Waals surface area contributed by atoms with E-state index in [1.165, 1.54) is 6.26 Å². The molecular weight excluding hydrogens is 168 g/mol. The number of carbonyl (C=O) groups is 1. The molecule has 13 heavy (non-hydrogen) atoms. The normalized spacial score (nSPS) is 15.3. The first-order valence-corrected chi connectivity index (χ1v) is 4.12. The van der Waals surface area contributed by atoms with Gasteiger partial charge in [-0.2, -0.15) is 5.10 Å². The minimum Gasteiger partial charge on any atom is -0.500 e. The van der Waals surface area contributed by atoms with Crippen molar-refractivity contribution in [1.82, 2.24) is 9.78 Å². The van der Waals surface area contributed by atoms with Gasteiger partial charge in [0, 0.05) is 25.2 Å². The Hall–Kier alpha value is -1.58. The van der Waals surface area contributed by atoms with E-state index in [4.69, 9.17) is 4.74 Å². The molecule has 1 aliphatic rings. The van der Waals surface area contributed by atoms with E-state index in [0.717, 1.165) is 5.57 Å². The van der Waals surface area contributed by atoms with E-state index in [-0.39, 0.29) is 5.78 Å². The van der Waals surface area contributed by atoms with Crippen molar-refractivity contribution in [2.24, 2.45) is 7.05 Å². The molecule has 0 amide bonds.